The van der Waals surface area contributed by atoms with Gasteiger partial charge in [0.15, 0.2) is 11.7 Å². The first kappa shape index (κ1) is 22.4. The number of ether oxygens (including phenoxy) is 2. The van der Waals surface area contributed by atoms with E-state index in [0.29, 0.717) is 24.3 Å². The van der Waals surface area contributed by atoms with E-state index in [1.165, 1.54) is 0 Å². The van der Waals surface area contributed by atoms with E-state index in [4.69, 9.17) is 21.7 Å². The summed E-state index contributed by atoms with van der Waals surface area (Å²) in [4.78, 5) is 35.0. The zero-order chi connectivity index (χ0) is 20.2. The molecule has 27 heavy (non-hydrogen) atoms. The molecule has 9 heteroatoms. The first-order valence-electron chi connectivity index (χ1n) is 8.60. The van der Waals surface area contributed by atoms with Crippen LogP contribution in [0.5, 0.6) is 5.75 Å². The van der Waals surface area contributed by atoms with Gasteiger partial charge >= 0.3 is 5.97 Å². The van der Waals surface area contributed by atoms with Gasteiger partial charge in [-0.3, -0.25) is 20.4 Å². The van der Waals surface area contributed by atoms with Crippen molar-refractivity contribution in [3.05, 3.63) is 29.8 Å². The van der Waals surface area contributed by atoms with Crippen molar-refractivity contribution >= 4 is 35.1 Å². The van der Waals surface area contributed by atoms with E-state index in [0.717, 1.165) is 6.42 Å². The Kier molecular flexibility index (Phi) is 9.81. The van der Waals surface area contributed by atoms with Crippen LogP contribution in [0.25, 0.3) is 0 Å². The van der Waals surface area contributed by atoms with Crippen molar-refractivity contribution < 1.29 is 23.9 Å². The molecule has 1 aromatic rings. The number of nitrogens with one attached hydrogen (secondary N) is 3. The van der Waals surface area contributed by atoms with Crippen LogP contribution < -0.4 is 20.9 Å². The molecule has 0 fully saturated rings. The van der Waals surface area contributed by atoms with E-state index in [2.05, 4.69) is 16.2 Å². The van der Waals surface area contributed by atoms with Crippen LogP contribution in [0.4, 0.5) is 0 Å². The van der Waals surface area contributed by atoms with Gasteiger partial charge in [0.05, 0.1) is 12.2 Å². The maximum Gasteiger partial charge on any atom is 0.338 e. The van der Waals surface area contributed by atoms with Crippen LogP contribution >= 0.6 is 12.2 Å². The second-order valence-electron chi connectivity index (χ2n) is 6.10. The molecule has 8 nitrogen and oxygen atoms in total. The Balaban J connectivity index is 2.32. The smallest absolute Gasteiger partial charge is 0.338 e. The first-order valence-corrected chi connectivity index (χ1v) is 9.01. The predicted octanol–water partition coefficient (Wildman–Crippen LogP) is 1.70. The SMILES string of the molecule is CCCOC(=O)c1ccc(OCC(=O)NNC(=S)NC(=O)CC(C)C)cc1. The largest absolute Gasteiger partial charge is 0.484 e. The van der Waals surface area contributed by atoms with Gasteiger partial charge in [-0.2, -0.15) is 0 Å². The number of hydrazine groups is 1. The Hall–Kier alpha value is -2.68. The Morgan fingerprint density at radius 1 is 1.07 bits per heavy atom. The fourth-order valence-electron chi connectivity index (χ4n) is 1.86. The van der Waals surface area contributed by atoms with Crippen molar-refractivity contribution in [2.24, 2.45) is 5.92 Å². The molecule has 148 valence electrons. The van der Waals surface area contributed by atoms with E-state index < -0.39 is 11.9 Å². The highest BCUT2D eigenvalue weighted by molar-refractivity contribution is 7.80. The fourth-order valence-corrected chi connectivity index (χ4v) is 2.02. The van der Waals surface area contributed by atoms with Crippen molar-refractivity contribution in [2.75, 3.05) is 13.2 Å². The highest BCUT2D eigenvalue weighted by Crippen LogP contribution is 2.13. The van der Waals surface area contributed by atoms with Gasteiger partial charge < -0.3 is 14.8 Å². The number of thiocarbonyl (C=S) groups is 1. The summed E-state index contributed by atoms with van der Waals surface area (Å²) in [6, 6.07) is 6.26. The van der Waals surface area contributed by atoms with Gasteiger partial charge in [0.25, 0.3) is 5.91 Å². The Labute approximate surface area is 164 Å². The van der Waals surface area contributed by atoms with Gasteiger partial charge in [-0.15, -0.1) is 0 Å². The molecule has 0 unspecified atom stereocenters. The summed E-state index contributed by atoms with van der Waals surface area (Å²) in [5.74, 6) is -0.494. The van der Waals surface area contributed by atoms with Gasteiger partial charge in [-0.25, -0.2) is 4.79 Å². The number of carbonyl (C=O) groups excluding carboxylic acids is 3. The molecular weight excluding hydrogens is 370 g/mol. The lowest BCUT2D eigenvalue weighted by Crippen LogP contribution is -2.49. The molecular formula is C18H25N3O5S. The molecule has 0 atom stereocenters. The molecule has 0 aromatic heterocycles. The van der Waals surface area contributed by atoms with Crippen LogP contribution in [0.2, 0.25) is 0 Å². The maximum absolute atomic E-state index is 11.7. The number of hydrogen-bond acceptors (Lipinski definition) is 6. The summed E-state index contributed by atoms with van der Waals surface area (Å²) in [6.45, 7) is 5.83. The highest BCUT2D eigenvalue weighted by atomic mass is 32.1. The third-order valence-electron chi connectivity index (χ3n) is 3.06. The minimum atomic E-state index is -0.484. The molecule has 0 aliphatic heterocycles. The molecule has 3 N–H and O–H groups in total. The molecule has 0 radical (unpaired) electrons. The molecule has 1 aromatic carbocycles. The van der Waals surface area contributed by atoms with Gasteiger partial charge in [0, 0.05) is 6.42 Å². The van der Waals surface area contributed by atoms with Crippen LogP contribution in [0.15, 0.2) is 24.3 Å². The van der Waals surface area contributed by atoms with Gasteiger partial charge in [0.2, 0.25) is 5.91 Å². The van der Waals surface area contributed by atoms with Crippen molar-refractivity contribution in [3.63, 3.8) is 0 Å². The lowest BCUT2D eigenvalue weighted by molar-refractivity contribution is -0.124. The second kappa shape index (κ2) is 11.8. The molecule has 0 aliphatic rings. The van der Waals surface area contributed by atoms with Crippen molar-refractivity contribution in [1.82, 2.24) is 16.2 Å². The molecule has 0 heterocycles. The van der Waals surface area contributed by atoms with Crippen LogP contribution in [0.1, 0.15) is 44.0 Å². The van der Waals surface area contributed by atoms with Crippen LogP contribution in [-0.2, 0) is 14.3 Å². The first-order chi connectivity index (χ1) is 12.8. The monoisotopic (exact) mass is 395 g/mol. The minimum absolute atomic E-state index is 0.00365. The second-order valence-corrected chi connectivity index (χ2v) is 6.51. The van der Waals surface area contributed by atoms with Crippen LogP contribution in [0, 0.1) is 5.92 Å². The summed E-state index contributed by atoms with van der Waals surface area (Å²) in [5.41, 5.74) is 5.15. The number of carbonyl (C=O) groups is 3. The Morgan fingerprint density at radius 3 is 2.33 bits per heavy atom. The molecule has 0 bridgehead atoms. The standard InChI is InChI=1S/C18H25N3O5S/c1-4-9-25-17(24)13-5-7-14(8-6-13)26-11-16(23)20-21-18(27)19-15(22)10-12(2)3/h5-8,12H,4,9-11H2,1-3H3,(H,20,23)(H2,19,21,22,27). The lowest BCUT2D eigenvalue weighted by Gasteiger charge is -2.12. The number of esters is 1. The highest BCUT2D eigenvalue weighted by Gasteiger charge is 2.09. The molecule has 2 amide bonds. The van der Waals surface area contributed by atoms with Crippen molar-refractivity contribution in [3.8, 4) is 5.75 Å². The molecule has 0 saturated carbocycles. The Bertz CT molecular complexity index is 661. The number of rotatable bonds is 8. The summed E-state index contributed by atoms with van der Waals surface area (Å²) >= 11 is 4.91. The lowest BCUT2D eigenvalue weighted by atomic mass is 10.1. The average molecular weight is 395 g/mol. The summed E-state index contributed by atoms with van der Waals surface area (Å²) in [7, 11) is 0. The van der Waals surface area contributed by atoms with E-state index in [1.807, 2.05) is 20.8 Å². The van der Waals surface area contributed by atoms with Crippen LogP contribution in [-0.4, -0.2) is 36.1 Å². The zero-order valence-electron chi connectivity index (χ0n) is 15.7. The summed E-state index contributed by atoms with van der Waals surface area (Å²) < 4.78 is 10.3. The van der Waals surface area contributed by atoms with Gasteiger partial charge in [0.1, 0.15) is 5.75 Å². The average Bonchev–Trinajstić information content (AvgIpc) is 2.62. The van der Waals surface area contributed by atoms with Crippen LogP contribution in [0.3, 0.4) is 0 Å². The topological polar surface area (TPSA) is 106 Å². The fraction of sp³-hybridized carbons (Fsp3) is 0.444. The van der Waals surface area contributed by atoms with Crippen molar-refractivity contribution in [1.29, 1.82) is 0 Å². The zero-order valence-corrected chi connectivity index (χ0v) is 16.5. The van der Waals surface area contributed by atoms with Crippen molar-refractivity contribution in [2.45, 2.75) is 33.6 Å². The summed E-state index contributed by atoms with van der Waals surface area (Å²) in [5, 5.41) is 2.46. The quantitative estimate of drug-likeness (QED) is 0.349. The number of amides is 2. The third-order valence-corrected chi connectivity index (χ3v) is 3.26. The normalized spacial score (nSPS) is 10.1. The van der Waals surface area contributed by atoms with E-state index in [-0.39, 0.29) is 23.5 Å². The summed E-state index contributed by atoms with van der Waals surface area (Å²) in [6.07, 6.45) is 1.09. The van der Waals surface area contributed by atoms with E-state index in [1.54, 1.807) is 24.3 Å². The number of benzene rings is 1. The third kappa shape index (κ3) is 9.55. The Morgan fingerprint density at radius 2 is 1.74 bits per heavy atom. The minimum Gasteiger partial charge on any atom is -0.484 e. The van der Waals surface area contributed by atoms with E-state index in [9.17, 15) is 14.4 Å². The molecule has 0 saturated heterocycles. The van der Waals surface area contributed by atoms with Gasteiger partial charge in [-0.1, -0.05) is 20.8 Å². The van der Waals surface area contributed by atoms with E-state index >= 15 is 0 Å². The molecule has 1 rings (SSSR count). The molecule has 0 aliphatic carbocycles. The predicted molar refractivity (Wildman–Crippen MR) is 104 cm³/mol. The van der Waals surface area contributed by atoms with Gasteiger partial charge in [-0.05, 0) is 48.8 Å². The number of hydrogen-bond donors (Lipinski definition) is 3. The maximum atomic E-state index is 11.7. The molecule has 0 spiro atoms.